The van der Waals surface area contributed by atoms with Crippen LogP contribution in [-0.2, 0) is 14.3 Å². The van der Waals surface area contributed by atoms with Crippen LogP contribution >= 0.6 is 0 Å². The fourth-order valence-corrected chi connectivity index (χ4v) is 2.64. The predicted octanol–water partition coefficient (Wildman–Crippen LogP) is -1.50. The van der Waals surface area contributed by atoms with Crippen molar-refractivity contribution in [3.05, 3.63) is 0 Å². The van der Waals surface area contributed by atoms with Crippen LogP contribution in [0.1, 0.15) is 39.5 Å². The molecule has 0 aromatic rings. The van der Waals surface area contributed by atoms with E-state index in [-0.39, 0.29) is 19.1 Å². The minimum atomic E-state index is -1.44. The lowest BCUT2D eigenvalue weighted by molar-refractivity contribution is -0.301. The molecule has 0 aromatic heterocycles. The maximum Gasteiger partial charge on any atom is 0.225 e. The minimum Gasteiger partial charge on any atom is -0.396 e. The van der Waals surface area contributed by atoms with Gasteiger partial charge in [-0.25, -0.2) is 0 Å². The van der Waals surface area contributed by atoms with E-state index in [1.165, 1.54) is 0 Å². The maximum absolute atomic E-state index is 11.9. The van der Waals surface area contributed by atoms with Crippen molar-refractivity contribution in [2.75, 3.05) is 26.4 Å². The zero-order chi connectivity index (χ0) is 19.7. The highest BCUT2D eigenvalue weighted by atomic mass is 16.7. The van der Waals surface area contributed by atoms with E-state index in [1.807, 2.05) is 0 Å². The third-order valence-corrected chi connectivity index (χ3v) is 4.59. The van der Waals surface area contributed by atoms with Crippen molar-refractivity contribution in [1.29, 1.82) is 0 Å². The van der Waals surface area contributed by atoms with Crippen molar-refractivity contribution < 1.29 is 39.8 Å². The number of aliphatic hydroxyl groups is 5. The maximum atomic E-state index is 11.9. The fourth-order valence-electron chi connectivity index (χ4n) is 2.64. The summed E-state index contributed by atoms with van der Waals surface area (Å²) in [7, 11) is 0. The van der Waals surface area contributed by atoms with E-state index in [0.717, 1.165) is 12.8 Å². The van der Waals surface area contributed by atoms with Crippen LogP contribution in [0.2, 0.25) is 0 Å². The Morgan fingerprint density at radius 1 is 1.08 bits per heavy atom. The summed E-state index contributed by atoms with van der Waals surface area (Å²) in [6.07, 6.45) is -3.72. The number of unbranched alkanes of at least 4 members (excludes halogenated alkanes) is 2. The predicted molar refractivity (Wildman–Crippen MR) is 92.1 cm³/mol. The Bertz CT molecular complexity index is 418. The van der Waals surface area contributed by atoms with E-state index in [1.54, 1.807) is 13.8 Å². The lowest BCUT2D eigenvalue weighted by atomic mass is 9.88. The van der Waals surface area contributed by atoms with Crippen molar-refractivity contribution in [2.24, 2.45) is 5.41 Å². The largest absolute Gasteiger partial charge is 0.396 e. The first kappa shape index (κ1) is 23.2. The average Bonchev–Trinajstić information content (AvgIpc) is 2.60. The van der Waals surface area contributed by atoms with Crippen LogP contribution in [0, 0.1) is 5.41 Å². The lowest BCUT2D eigenvalue weighted by Crippen LogP contribution is -2.59. The third kappa shape index (κ3) is 6.73. The molecule has 0 radical (unpaired) electrons. The van der Waals surface area contributed by atoms with Gasteiger partial charge in [0.25, 0.3) is 0 Å². The second kappa shape index (κ2) is 11.1. The van der Waals surface area contributed by atoms with Crippen molar-refractivity contribution in [3.63, 3.8) is 0 Å². The molecular formula is C17H33NO8. The first-order chi connectivity index (χ1) is 12.2. The molecule has 9 nitrogen and oxygen atoms in total. The molecule has 26 heavy (non-hydrogen) atoms. The lowest BCUT2D eigenvalue weighted by Gasteiger charge is -2.39. The Balaban J connectivity index is 2.18. The molecule has 1 aliphatic heterocycles. The average molecular weight is 379 g/mol. The SMILES string of the molecule is CC(C)(CCO)C(=O)NCCCCCO[C@H]1O[C@H](CO)[C@@H](O)[C@H](O)C1O. The molecule has 1 amide bonds. The Labute approximate surface area is 153 Å². The topological polar surface area (TPSA) is 149 Å². The van der Waals surface area contributed by atoms with E-state index in [0.29, 0.717) is 19.4 Å². The highest BCUT2D eigenvalue weighted by Gasteiger charge is 2.43. The summed E-state index contributed by atoms with van der Waals surface area (Å²) in [5.41, 5.74) is -0.596. The molecule has 1 rings (SSSR count). The molecule has 1 fully saturated rings. The summed E-state index contributed by atoms with van der Waals surface area (Å²) < 4.78 is 10.6. The molecule has 154 valence electrons. The highest BCUT2D eigenvalue weighted by molar-refractivity contribution is 5.81. The molecule has 1 saturated heterocycles. The fraction of sp³-hybridized carbons (Fsp3) is 0.941. The number of nitrogens with one attached hydrogen (secondary N) is 1. The van der Waals surface area contributed by atoms with Crippen molar-refractivity contribution in [1.82, 2.24) is 5.32 Å². The molecule has 0 bridgehead atoms. The zero-order valence-electron chi connectivity index (χ0n) is 15.5. The highest BCUT2D eigenvalue weighted by Crippen LogP contribution is 2.22. The van der Waals surface area contributed by atoms with Crippen LogP contribution in [0.3, 0.4) is 0 Å². The second-order valence-electron chi connectivity index (χ2n) is 7.24. The van der Waals surface area contributed by atoms with E-state index in [2.05, 4.69) is 5.32 Å². The van der Waals surface area contributed by atoms with Crippen molar-refractivity contribution >= 4 is 5.91 Å². The number of hydrogen-bond donors (Lipinski definition) is 6. The minimum absolute atomic E-state index is 0.0320. The molecule has 1 aliphatic rings. The van der Waals surface area contributed by atoms with Gasteiger partial charge in [-0.3, -0.25) is 4.79 Å². The van der Waals surface area contributed by atoms with Gasteiger partial charge in [0, 0.05) is 25.2 Å². The van der Waals surface area contributed by atoms with Gasteiger partial charge < -0.3 is 40.3 Å². The first-order valence-electron chi connectivity index (χ1n) is 9.06. The molecule has 1 unspecified atom stereocenters. The monoisotopic (exact) mass is 379 g/mol. The van der Waals surface area contributed by atoms with Crippen LogP contribution in [0.15, 0.2) is 0 Å². The van der Waals surface area contributed by atoms with Gasteiger partial charge in [0.15, 0.2) is 6.29 Å². The van der Waals surface area contributed by atoms with Crippen LogP contribution in [0.4, 0.5) is 0 Å². The second-order valence-corrected chi connectivity index (χ2v) is 7.24. The summed E-state index contributed by atoms with van der Waals surface area (Å²) in [5, 5.41) is 50.1. The van der Waals surface area contributed by atoms with Crippen LogP contribution in [0.5, 0.6) is 0 Å². The van der Waals surface area contributed by atoms with E-state index in [9.17, 15) is 20.1 Å². The number of aliphatic hydroxyl groups excluding tert-OH is 5. The van der Waals surface area contributed by atoms with Crippen LogP contribution in [0.25, 0.3) is 0 Å². The van der Waals surface area contributed by atoms with Crippen molar-refractivity contribution in [2.45, 2.75) is 70.2 Å². The number of ether oxygens (including phenoxy) is 2. The Hall–Kier alpha value is -0.810. The van der Waals surface area contributed by atoms with Crippen molar-refractivity contribution in [3.8, 4) is 0 Å². The number of carbonyl (C=O) groups is 1. The number of hydrogen-bond acceptors (Lipinski definition) is 8. The van der Waals surface area contributed by atoms with Gasteiger partial charge in [-0.1, -0.05) is 13.8 Å². The molecule has 9 heteroatoms. The third-order valence-electron chi connectivity index (χ3n) is 4.59. The van der Waals surface area contributed by atoms with Gasteiger partial charge >= 0.3 is 0 Å². The quantitative estimate of drug-likeness (QED) is 0.238. The molecule has 0 aromatic carbocycles. The van der Waals surface area contributed by atoms with Gasteiger partial charge in [-0.15, -0.1) is 0 Å². The molecule has 0 aliphatic carbocycles. The summed E-state index contributed by atoms with van der Waals surface area (Å²) >= 11 is 0. The number of amides is 1. The normalized spacial score (nSPS) is 29.6. The van der Waals surface area contributed by atoms with Gasteiger partial charge in [0.1, 0.15) is 24.4 Å². The first-order valence-corrected chi connectivity index (χ1v) is 9.06. The summed E-state index contributed by atoms with van der Waals surface area (Å²) in [4.78, 5) is 11.9. The van der Waals surface area contributed by atoms with E-state index >= 15 is 0 Å². The zero-order valence-corrected chi connectivity index (χ0v) is 15.5. The van der Waals surface area contributed by atoms with E-state index < -0.39 is 42.7 Å². The van der Waals surface area contributed by atoms with Gasteiger partial charge in [0.05, 0.1) is 6.61 Å². The summed E-state index contributed by atoms with van der Waals surface area (Å²) in [6.45, 7) is 3.84. The number of carbonyl (C=O) groups excluding carboxylic acids is 1. The Kier molecular flexibility index (Phi) is 9.94. The molecular weight excluding hydrogens is 346 g/mol. The molecule has 0 spiro atoms. The van der Waals surface area contributed by atoms with Crippen LogP contribution < -0.4 is 5.32 Å². The van der Waals surface area contributed by atoms with Gasteiger partial charge in [-0.05, 0) is 25.7 Å². The molecule has 0 saturated carbocycles. The van der Waals surface area contributed by atoms with Gasteiger partial charge in [-0.2, -0.15) is 0 Å². The van der Waals surface area contributed by atoms with E-state index in [4.69, 9.17) is 19.7 Å². The molecule has 6 N–H and O–H groups in total. The Morgan fingerprint density at radius 3 is 2.38 bits per heavy atom. The summed E-state index contributed by atoms with van der Waals surface area (Å²) in [5.74, 6) is -0.0934. The summed E-state index contributed by atoms with van der Waals surface area (Å²) in [6, 6.07) is 0. The smallest absolute Gasteiger partial charge is 0.225 e. The van der Waals surface area contributed by atoms with Crippen LogP contribution in [-0.4, -0.2) is 88.5 Å². The van der Waals surface area contributed by atoms with Gasteiger partial charge in [0.2, 0.25) is 5.91 Å². The standard InChI is InChI=1S/C17H33NO8/c1-17(2,6-8-19)16(24)18-7-4-3-5-9-25-15-14(23)13(22)12(21)11(10-20)26-15/h11-15,19-23H,3-10H2,1-2H3,(H,18,24)/t11-,12-,13+,14?,15+/m1/s1. The molecule has 5 atom stereocenters. The number of rotatable bonds is 11. The molecule has 1 heterocycles. The Morgan fingerprint density at radius 2 is 1.77 bits per heavy atom.